The lowest BCUT2D eigenvalue weighted by Crippen LogP contribution is -2.27. The van der Waals surface area contributed by atoms with Gasteiger partial charge in [-0.25, -0.2) is 9.59 Å². The number of thiophene rings is 1. The number of carbonyl (C=O) groups excluding carboxylic acids is 1. The Labute approximate surface area is 163 Å². The molecule has 2 aromatic heterocycles. The number of nitrogens with one attached hydrogen (secondary N) is 1. The summed E-state index contributed by atoms with van der Waals surface area (Å²) in [4.78, 5) is 35.2. The summed E-state index contributed by atoms with van der Waals surface area (Å²) in [6, 6.07) is 11.3. The van der Waals surface area contributed by atoms with E-state index in [2.05, 4.69) is 5.32 Å². The second-order valence-corrected chi connectivity index (χ2v) is 6.69. The van der Waals surface area contributed by atoms with Gasteiger partial charge in [-0.15, -0.1) is 11.3 Å². The third kappa shape index (κ3) is 4.02. The SMILES string of the molecule is Cc1csc(C(=O)O)c1-c1ccc(/C=C(/NC(=O)c2ccccc2)C(=O)O)o1. The molecule has 3 N–H and O–H groups in total. The number of aromatic carboxylic acids is 1. The predicted octanol–water partition coefficient (Wildman–Crippen LogP) is 3.87. The van der Waals surface area contributed by atoms with Gasteiger partial charge < -0.3 is 19.9 Å². The lowest BCUT2D eigenvalue weighted by molar-refractivity contribution is -0.132. The van der Waals surface area contributed by atoms with Crippen LogP contribution in [0.5, 0.6) is 0 Å². The van der Waals surface area contributed by atoms with Gasteiger partial charge in [-0.05, 0) is 42.1 Å². The molecule has 3 rings (SSSR count). The monoisotopic (exact) mass is 397 g/mol. The van der Waals surface area contributed by atoms with E-state index in [1.807, 2.05) is 0 Å². The average Bonchev–Trinajstić information content (AvgIpc) is 3.27. The highest BCUT2D eigenvalue weighted by molar-refractivity contribution is 7.12. The lowest BCUT2D eigenvalue weighted by Gasteiger charge is -2.05. The van der Waals surface area contributed by atoms with Crippen LogP contribution in [0.3, 0.4) is 0 Å². The van der Waals surface area contributed by atoms with E-state index in [1.165, 1.54) is 12.1 Å². The number of benzene rings is 1. The molecule has 1 amide bonds. The summed E-state index contributed by atoms with van der Waals surface area (Å²) in [5, 5.41) is 22.7. The highest BCUT2D eigenvalue weighted by Gasteiger charge is 2.20. The molecule has 2 heterocycles. The Kier molecular flexibility index (Phi) is 5.42. The van der Waals surface area contributed by atoms with E-state index < -0.39 is 17.8 Å². The second kappa shape index (κ2) is 7.93. The quantitative estimate of drug-likeness (QED) is 0.544. The minimum absolute atomic E-state index is 0.137. The van der Waals surface area contributed by atoms with Crippen molar-refractivity contribution in [1.29, 1.82) is 0 Å². The molecule has 3 aromatic rings. The zero-order valence-corrected chi connectivity index (χ0v) is 15.4. The maximum absolute atomic E-state index is 12.2. The van der Waals surface area contributed by atoms with Gasteiger partial charge in [0.2, 0.25) is 0 Å². The van der Waals surface area contributed by atoms with E-state index in [0.717, 1.165) is 16.9 Å². The summed E-state index contributed by atoms with van der Waals surface area (Å²) in [5.74, 6) is -2.49. The van der Waals surface area contributed by atoms with E-state index >= 15 is 0 Å². The first-order valence-corrected chi connectivity index (χ1v) is 8.97. The molecule has 0 spiro atoms. The Morgan fingerprint density at radius 3 is 2.43 bits per heavy atom. The van der Waals surface area contributed by atoms with E-state index in [-0.39, 0.29) is 16.3 Å². The smallest absolute Gasteiger partial charge is 0.352 e. The van der Waals surface area contributed by atoms with Crippen LogP contribution >= 0.6 is 11.3 Å². The normalized spacial score (nSPS) is 11.2. The first-order valence-electron chi connectivity index (χ1n) is 8.10. The van der Waals surface area contributed by atoms with Crippen LogP contribution in [0.2, 0.25) is 0 Å². The van der Waals surface area contributed by atoms with Crippen molar-refractivity contribution in [2.75, 3.05) is 0 Å². The molecule has 0 aliphatic heterocycles. The molecular formula is C20H15NO6S. The molecule has 0 saturated carbocycles. The number of carboxylic acid groups (broad SMARTS) is 2. The molecule has 0 aliphatic rings. The van der Waals surface area contributed by atoms with E-state index in [9.17, 15) is 24.6 Å². The molecule has 142 valence electrons. The number of carboxylic acids is 2. The molecule has 0 unspecified atom stereocenters. The first-order chi connectivity index (χ1) is 13.4. The van der Waals surface area contributed by atoms with Crippen molar-refractivity contribution in [2.24, 2.45) is 0 Å². The van der Waals surface area contributed by atoms with Crippen LogP contribution in [0, 0.1) is 6.92 Å². The van der Waals surface area contributed by atoms with Crippen LogP contribution in [0.15, 0.2) is 58.0 Å². The van der Waals surface area contributed by atoms with Gasteiger partial charge in [0, 0.05) is 17.2 Å². The Hall–Kier alpha value is -3.65. The second-order valence-electron chi connectivity index (χ2n) is 5.81. The number of furan rings is 1. The maximum Gasteiger partial charge on any atom is 0.352 e. The molecule has 0 bridgehead atoms. The predicted molar refractivity (Wildman–Crippen MR) is 103 cm³/mol. The summed E-state index contributed by atoms with van der Waals surface area (Å²) in [7, 11) is 0. The van der Waals surface area contributed by atoms with Crippen molar-refractivity contribution in [3.63, 3.8) is 0 Å². The van der Waals surface area contributed by atoms with Gasteiger partial charge in [-0.2, -0.15) is 0 Å². The van der Waals surface area contributed by atoms with Gasteiger partial charge >= 0.3 is 11.9 Å². The Balaban J connectivity index is 1.90. The molecule has 0 fully saturated rings. The summed E-state index contributed by atoms with van der Waals surface area (Å²) in [5.41, 5.74) is 1.13. The van der Waals surface area contributed by atoms with Crippen LogP contribution in [-0.4, -0.2) is 28.1 Å². The largest absolute Gasteiger partial charge is 0.477 e. The summed E-state index contributed by atoms with van der Waals surface area (Å²) < 4.78 is 5.62. The molecule has 0 radical (unpaired) electrons. The maximum atomic E-state index is 12.2. The van der Waals surface area contributed by atoms with Gasteiger partial charge in [-0.1, -0.05) is 18.2 Å². The van der Waals surface area contributed by atoms with E-state index in [0.29, 0.717) is 16.9 Å². The molecule has 0 atom stereocenters. The number of rotatable bonds is 6. The minimum atomic E-state index is -1.33. The fraction of sp³-hybridized carbons (Fsp3) is 0.0500. The summed E-state index contributed by atoms with van der Waals surface area (Å²) in [6.45, 7) is 1.76. The Morgan fingerprint density at radius 2 is 1.79 bits per heavy atom. The molecule has 1 aromatic carbocycles. The number of aliphatic carboxylic acids is 1. The Morgan fingerprint density at radius 1 is 1.07 bits per heavy atom. The third-order valence-corrected chi connectivity index (χ3v) is 4.93. The molecule has 28 heavy (non-hydrogen) atoms. The number of aryl methyl sites for hydroxylation is 1. The summed E-state index contributed by atoms with van der Waals surface area (Å²) in [6.07, 6.45) is 1.18. The van der Waals surface area contributed by atoms with Crippen molar-refractivity contribution in [3.8, 4) is 11.3 Å². The van der Waals surface area contributed by atoms with E-state index in [1.54, 1.807) is 48.7 Å². The van der Waals surface area contributed by atoms with Crippen LogP contribution in [-0.2, 0) is 4.79 Å². The van der Waals surface area contributed by atoms with Crippen LogP contribution < -0.4 is 5.32 Å². The van der Waals surface area contributed by atoms with Crippen molar-refractivity contribution in [2.45, 2.75) is 6.92 Å². The Bertz CT molecular complexity index is 1080. The number of hydrogen-bond donors (Lipinski definition) is 3. The number of carbonyl (C=O) groups is 3. The van der Waals surface area contributed by atoms with Gasteiger partial charge in [0.25, 0.3) is 5.91 Å². The van der Waals surface area contributed by atoms with Crippen LogP contribution in [0.25, 0.3) is 17.4 Å². The van der Waals surface area contributed by atoms with Crippen LogP contribution in [0.4, 0.5) is 0 Å². The zero-order chi connectivity index (χ0) is 20.3. The highest BCUT2D eigenvalue weighted by atomic mass is 32.1. The van der Waals surface area contributed by atoms with Crippen molar-refractivity contribution in [1.82, 2.24) is 5.32 Å². The van der Waals surface area contributed by atoms with Gasteiger partial charge in [0.15, 0.2) is 0 Å². The number of amides is 1. The molecule has 8 heteroatoms. The molecule has 0 saturated heterocycles. The van der Waals surface area contributed by atoms with Gasteiger partial charge in [0.1, 0.15) is 22.1 Å². The van der Waals surface area contributed by atoms with Crippen molar-refractivity contribution >= 4 is 35.3 Å². The van der Waals surface area contributed by atoms with E-state index in [4.69, 9.17) is 4.42 Å². The average molecular weight is 397 g/mol. The van der Waals surface area contributed by atoms with Gasteiger partial charge in [0.05, 0.1) is 0 Å². The lowest BCUT2D eigenvalue weighted by atomic mass is 10.1. The summed E-state index contributed by atoms with van der Waals surface area (Å²) >= 11 is 1.09. The topological polar surface area (TPSA) is 117 Å². The number of hydrogen-bond acceptors (Lipinski definition) is 5. The first kappa shape index (κ1) is 19.1. The molecule has 7 nitrogen and oxygen atoms in total. The van der Waals surface area contributed by atoms with Gasteiger partial charge in [-0.3, -0.25) is 4.79 Å². The third-order valence-electron chi connectivity index (χ3n) is 3.84. The molecular weight excluding hydrogens is 382 g/mol. The fourth-order valence-corrected chi connectivity index (χ4v) is 3.44. The van der Waals surface area contributed by atoms with Crippen molar-refractivity contribution < 1.29 is 29.0 Å². The highest BCUT2D eigenvalue weighted by Crippen LogP contribution is 2.34. The molecule has 0 aliphatic carbocycles. The fourth-order valence-electron chi connectivity index (χ4n) is 2.55. The standard InChI is InChI=1S/C20H15NO6S/c1-11-10-28-17(20(25)26)16(11)15-8-7-13(27-15)9-14(19(23)24)21-18(22)12-5-3-2-4-6-12/h2-10H,1H3,(H,21,22)(H,23,24)(H,25,26)/b14-9+. The van der Waals surface area contributed by atoms with Crippen molar-refractivity contribution in [3.05, 3.63) is 75.3 Å². The van der Waals surface area contributed by atoms with Crippen LogP contribution in [0.1, 0.15) is 31.4 Å². The zero-order valence-electron chi connectivity index (χ0n) is 14.6. The minimum Gasteiger partial charge on any atom is -0.477 e.